The van der Waals surface area contributed by atoms with Crippen LogP contribution < -0.4 is 14.8 Å². The van der Waals surface area contributed by atoms with Crippen LogP contribution in [-0.4, -0.2) is 59.2 Å². The lowest BCUT2D eigenvalue weighted by Crippen LogP contribution is -2.37. The number of unbranched alkanes of at least 4 members (excludes halogenated alkanes) is 3. The van der Waals surface area contributed by atoms with E-state index in [-0.39, 0.29) is 11.7 Å². The van der Waals surface area contributed by atoms with Crippen LogP contribution in [0.25, 0.3) is 16.8 Å². The van der Waals surface area contributed by atoms with Crippen molar-refractivity contribution in [3.8, 4) is 22.7 Å². The van der Waals surface area contributed by atoms with Gasteiger partial charge < -0.3 is 14.8 Å². The summed E-state index contributed by atoms with van der Waals surface area (Å²) in [6.45, 7) is 7.28. The number of alkyl halides is 3. The first kappa shape index (κ1) is 39.1. The third-order valence-electron chi connectivity index (χ3n) is 7.60. The second kappa shape index (κ2) is 16.1. The molecule has 0 spiro atoms. The fourth-order valence-electron chi connectivity index (χ4n) is 4.79. The van der Waals surface area contributed by atoms with Gasteiger partial charge in [0, 0.05) is 24.4 Å². The van der Waals surface area contributed by atoms with Crippen molar-refractivity contribution in [3.05, 3.63) is 78.5 Å². The molecular formula is C35H42F4N6O5S. The van der Waals surface area contributed by atoms with Gasteiger partial charge in [0.05, 0.1) is 17.3 Å². The number of aromatic nitrogens is 4. The van der Waals surface area contributed by atoms with E-state index in [2.05, 4.69) is 25.1 Å². The largest absolute Gasteiger partial charge is 0.476 e. The van der Waals surface area contributed by atoms with Gasteiger partial charge in [-0.1, -0.05) is 43.2 Å². The number of benzene rings is 1. The minimum absolute atomic E-state index is 0.0466. The molecule has 2 N–H and O–H groups in total. The molecule has 0 saturated heterocycles. The molecule has 16 heteroatoms. The SMILES string of the molecule is CC(C)(C)OC(=O)NCCCCCCc1ccccc1-c1cc(NS(=O)(=O)c2cccc(F)n2)ncc1-n1ccc(OCC(C)(C)C(F)(F)F)n1. The van der Waals surface area contributed by atoms with Crippen LogP contribution in [-0.2, 0) is 21.2 Å². The highest BCUT2D eigenvalue weighted by atomic mass is 32.2. The normalized spacial score (nSPS) is 12.4. The summed E-state index contributed by atoms with van der Waals surface area (Å²) < 4.78 is 94.5. The molecule has 0 atom stereocenters. The maximum absolute atomic E-state index is 13.7. The molecule has 0 aliphatic heterocycles. The van der Waals surface area contributed by atoms with E-state index in [1.54, 1.807) is 20.8 Å². The molecule has 3 aromatic heterocycles. The first-order valence-corrected chi connectivity index (χ1v) is 17.8. The Kier molecular flexibility index (Phi) is 12.3. The van der Waals surface area contributed by atoms with Gasteiger partial charge in [-0.3, -0.25) is 4.72 Å². The molecule has 0 aliphatic rings. The Balaban J connectivity index is 1.57. The number of alkyl carbamates (subject to hydrolysis) is 1. The van der Waals surface area contributed by atoms with Crippen LogP contribution >= 0.6 is 0 Å². The van der Waals surface area contributed by atoms with E-state index in [9.17, 15) is 30.8 Å². The molecule has 4 rings (SSSR count). The third kappa shape index (κ3) is 11.1. The van der Waals surface area contributed by atoms with Crippen LogP contribution in [0.2, 0.25) is 0 Å². The number of nitrogens with zero attached hydrogens (tertiary/aromatic N) is 4. The van der Waals surface area contributed by atoms with E-state index < -0.39 is 50.9 Å². The highest BCUT2D eigenvalue weighted by Gasteiger charge is 2.48. The van der Waals surface area contributed by atoms with Crippen molar-refractivity contribution >= 4 is 21.9 Å². The monoisotopic (exact) mass is 734 g/mol. The summed E-state index contributed by atoms with van der Waals surface area (Å²) >= 11 is 0. The first-order valence-electron chi connectivity index (χ1n) is 16.3. The molecule has 0 aliphatic carbocycles. The molecule has 11 nitrogen and oxygen atoms in total. The third-order valence-corrected chi connectivity index (χ3v) is 8.85. The highest BCUT2D eigenvalue weighted by Crippen LogP contribution is 2.38. The van der Waals surface area contributed by atoms with E-state index in [4.69, 9.17) is 9.47 Å². The molecule has 0 saturated carbocycles. The fourth-order valence-corrected chi connectivity index (χ4v) is 5.74. The van der Waals surface area contributed by atoms with E-state index in [0.717, 1.165) is 62.8 Å². The zero-order valence-electron chi connectivity index (χ0n) is 29.1. The quantitative estimate of drug-likeness (QED) is 0.0716. The van der Waals surface area contributed by atoms with Gasteiger partial charge in [0.2, 0.25) is 11.8 Å². The van der Waals surface area contributed by atoms with Gasteiger partial charge >= 0.3 is 12.3 Å². The van der Waals surface area contributed by atoms with Crippen LogP contribution in [0, 0.1) is 11.4 Å². The average molecular weight is 735 g/mol. The lowest BCUT2D eigenvalue weighted by atomic mass is 9.94. The van der Waals surface area contributed by atoms with E-state index in [1.807, 2.05) is 24.3 Å². The van der Waals surface area contributed by atoms with Crippen molar-refractivity contribution in [1.82, 2.24) is 25.1 Å². The number of hydrogen-bond donors (Lipinski definition) is 2. The predicted molar refractivity (Wildman–Crippen MR) is 184 cm³/mol. The van der Waals surface area contributed by atoms with Crippen molar-refractivity contribution < 1.29 is 40.2 Å². The van der Waals surface area contributed by atoms with Crippen molar-refractivity contribution in [2.75, 3.05) is 17.9 Å². The zero-order valence-corrected chi connectivity index (χ0v) is 29.9. The molecular weight excluding hydrogens is 692 g/mol. The Morgan fingerprint density at radius 1 is 0.922 bits per heavy atom. The van der Waals surface area contributed by atoms with E-state index >= 15 is 0 Å². The molecule has 3 heterocycles. The zero-order chi connectivity index (χ0) is 37.5. The summed E-state index contributed by atoms with van der Waals surface area (Å²) in [4.78, 5) is 19.6. The number of pyridine rings is 2. The number of sulfonamides is 1. The van der Waals surface area contributed by atoms with Crippen molar-refractivity contribution in [1.29, 1.82) is 0 Å². The Morgan fingerprint density at radius 3 is 2.35 bits per heavy atom. The second-order valence-corrected chi connectivity index (χ2v) is 15.1. The topological polar surface area (TPSA) is 137 Å². The molecule has 276 valence electrons. The number of carbonyl (C=O) groups excluding carboxylic acids is 1. The fraction of sp³-hybridized carbons (Fsp3) is 0.429. The van der Waals surface area contributed by atoms with E-state index in [1.165, 1.54) is 35.3 Å². The summed E-state index contributed by atoms with van der Waals surface area (Å²) in [6, 6.07) is 13.8. The Labute approximate surface area is 294 Å². The number of ether oxygens (including phenoxy) is 2. The van der Waals surface area contributed by atoms with Gasteiger partial charge in [-0.05, 0) is 83.2 Å². The minimum atomic E-state index is -4.49. The summed E-state index contributed by atoms with van der Waals surface area (Å²) in [5.41, 5.74) is -0.108. The molecule has 0 unspecified atom stereocenters. The maximum atomic E-state index is 13.7. The second-order valence-electron chi connectivity index (χ2n) is 13.5. The molecule has 4 aromatic rings. The number of anilines is 1. The minimum Gasteiger partial charge on any atom is -0.476 e. The van der Waals surface area contributed by atoms with Crippen LogP contribution in [0.3, 0.4) is 0 Å². The lowest BCUT2D eigenvalue weighted by molar-refractivity contribution is -0.219. The van der Waals surface area contributed by atoms with Gasteiger partial charge in [-0.2, -0.15) is 26.0 Å². The average Bonchev–Trinajstić information content (AvgIpc) is 3.51. The molecule has 0 radical (unpaired) electrons. The summed E-state index contributed by atoms with van der Waals surface area (Å²) in [6.07, 6.45) is 1.89. The van der Waals surface area contributed by atoms with Crippen LogP contribution in [0.15, 0.2) is 72.0 Å². The van der Waals surface area contributed by atoms with Crippen LogP contribution in [0.4, 0.5) is 28.2 Å². The summed E-state index contributed by atoms with van der Waals surface area (Å²) in [7, 11) is -4.32. The first-order chi connectivity index (χ1) is 23.8. The van der Waals surface area contributed by atoms with Gasteiger partial charge in [-0.15, -0.1) is 5.10 Å². The maximum Gasteiger partial charge on any atom is 0.407 e. The molecule has 51 heavy (non-hydrogen) atoms. The number of rotatable bonds is 15. The molecule has 1 aromatic carbocycles. The lowest BCUT2D eigenvalue weighted by Gasteiger charge is -2.26. The van der Waals surface area contributed by atoms with Crippen molar-refractivity contribution in [3.63, 3.8) is 0 Å². The number of amides is 1. The van der Waals surface area contributed by atoms with Crippen LogP contribution in [0.5, 0.6) is 5.88 Å². The van der Waals surface area contributed by atoms with Crippen LogP contribution in [0.1, 0.15) is 65.9 Å². The van der Waals surface area contributed by atoms with E-state index in [0.29, 0.717) is 24.2 Å². The van der Waals surface area contributed by atoms with Gasteiger partial charge in [0.1, 0.15) is 18.0 Å². The van der Waals surface area contributed by atoms with Crippen molar-refractivity contribution in [2.24, 2.45) is 5.41 Å². The smallest absolute Gasteiger partial charge is 0.407 e. The summed E-state index contributed by atoms with van der Waals surface area (Å²) in [5, 5.41) is 6.55. The predicted octanol–water partition coefficient (Wildman–Crippen LogP) is 7.86. The number of halogens is 4. The van der Waals surface area contributed by atoms with Gasteiger partial charge in [0.25, 0.3) is 10.0 Å². The Hall–Kier alpha value is -4.73. The summed E-state index contributed by atoms with van der Waals surface area (Å²) in [5.74, 6) is -1.09. The molecule has 0 fully saturated rings. The number of nitrogens with one attached hydrogen (secondary N) is 2. The highest BCUT2D eigenvalue weighted by molar-refractivity contribution is 7.92. The molecule has 0 bridgehead atoms. The number of aryl methyl sites for hydroxylation is 1. The Morgan fingerprint density at radius 2 is 1.65 bits per heavy atom. The Bertz CT molecular complexity index is 1910. The standard InChI is InChI=1S/C35H42F4N6O5S/c1-33(2,3)50-32(46)40-19-11-7-6-8-13-24-14-9-10-15-25(24)26-21-29(44-51(47,48)31-17-12-16-28(36)42-31)41-22-27(26)45-20-18-30(43-45)49-23-34(4,5)35(37,38)39/h9-10,12,14-18,20-22H,6-8,11,13,19,23H2,1-5H3,(H,40,46)(H,41,44). The number of carbonyl (C=O) groups is 1. The number of hydrogen-bond acceptors (Lipinski definition) is 8. The van der Waals surface area contributed by atoms with Gasteiger partial charge in [0.15, 0.2) is 5.03 Å². The molecule has 1 amide bonds. The van der Waals surface area contributed by atoms with Gasteiger partial charge in [-0.25, -0.2) is 19.4 Å². The van der Waals surface area contributed by atoms with Crippen molar-refractivity contribution in [2.45, 2.75) is 83.5 Å².